The van der Waals surface area contributed by atoms with Crippen molar-refractivity contribution in [2.45, 2.75) is 63.1 Å². The van der Waals surface area contributed by atoms with Crippen molar-refractivity contribution in [2.24, 2.45) is 0 Å². The Bertz CT molecular complexity index is 328. The Labute approximate surface area is 117 Å². The molecule has 1 saturated carbocycles. The first-order chi connectivity index (χ1) is 9.23. The topological polar surface area (TPSA) is 48.3 Å². The molecule has 19 heavy (non-hydrogen) atoms. The highest BCUT2D eigenvalue weighted by atomic mass is 16.5. The van der Waals surface area contributed by atoms with Gasteiger partial charge in [-0.1, -0.05) is 6.92 Å². The van der Waals surface area contributed by atoms with Crippen LogP contribution in [0.15, 0.2) is 0 Å². The predicted octanol–water partition coefficient (Wildman–Crippen LogP) is 1.91. The van der Waals surface area contributed by atoms with Crippen molar-refractivity contribution < 1.29 is 4.74 Å². The zero-order chi connectivity index (χ0) is 13.7. The molecule has 2 rings (SSSR count). The number of nitrogens with one attached hydrogen (secondary N) is 1. The number of hydrogen-bond donors (Lipinski definition) is 1. The molecule has 1 saturated heterocycles. The maximum absolute atomic E-state index is 9.50. The Balaban J connectivity index is 1.91. The maximum atomic E-state index is 9.50. The SMILES string of the molecule is CCCNC1(C#N)CCC(N2CCCC(OC)C2)C1. The van der Waals surface area contributed by atoms with E-state index in [-0.39, 0.29) is 5.54 Å². The van der Waals surface area contributed by atoms with E-state index < -0.39 is 0 Å². The van der Waals surface area contributed by atoms with Crippen molar-refractivity contribution >= 4 is 0 Å². The third-order valence-corrected chi connectivity index (χ3v) is 4.68. The lowest BCUT2D eigenvalue weighted by Gasteiger charge is -2.36. The number of piperidine rings is 1. The third-order valence-electron chi connectivity index (χ3n) is 4.68. The highest BCUT2D eigenvalue weighted by molar-refractivity contribution is 5.13. The number of nitriles is 1. The zero-order valence-electron chi connectivity index (χ0n) is 12.3. The van der Waals surface area contributed by atoms with Crippen LogP contribution >= 0.6 is 0 Å². The van der Waals surface area contributed by atoms with Crippen LogP contribution in [-0.2, 0) is 4.74 Å². The van der Waals surface area contributed by atoms with Crippen molar-refractivity contribution in [1.29, 1.82) is 5.26 Å². The number of methoxy groups -OCH3 is 1. The Morgan fingerprint density at radius 2 is 2.32 bits per heavy atom. The minimum absolute atomic E-state index is 0.277. The third kappa shape index (κ3) is 3.47. The number of ether oxygens (including phenoxy) is 1. The van der Waals surface area contributed by atoms with Gasteiger partial charge in [-0.15, -0.1) is 0 Å². The van der Waals surface area contributed by atoms with Crippen molar-refractivity contribution in [3.8, 4) is 6.07 Å². The number of rotatable bonds is 5. The van der Waals surface area contributed by atoms with Gasteiger partial charge in [0.25, 0.3) is 0 Å². The first-order valence-corrected chi connectivity index (χ1v) is 7.66. The fourth-order valence-corrected chi connectivity index (χ4v) is 3.49. The van der Waals surface area contributed by atoms with E-state index in [1.165, 1.54) is 19.4 Å². The van der Waals surface area contributed by atoms with Crippen LogP contribution in [0.5, 0.6) is 0 Å². The van der Waals surface area contributed by atoms with Gasteiger partial charge in [-0.3, -0.25) is 10.2 Å². The fourth-order valence-electron chi connectivity index (χ4n) is 3.49. The van der Waals surface area contributed by atoms with Crippen molar-refractivity contribution in [3.05, 3.63) is 0 Å². The molecule has 1 aliphatic carbocycles. The zero-order valence-corrected chi connectivity index (χ0v) is 12.3. The molecule has 0 aromatic carbocycles. The first kappa shape index (κ1) is 14.8. The molecule has 0 bridgehead atoms. The van der Waals surface area contributed by atoms with Gasteiger partial charge in [-0.25, -0.2) is 0 Å². The van der Waals surface area contributed by atoms with Crippen LogP contribution in [0, 0.1) is 11.3 Å². The monoisotopic (exact) mass is 265 g/mol. The molecule has 2 fully saturated rings. The molecule has 4 nitrogen and oxygen atoms in total. The van der Waals surface area contributed by atoms with Crippen LogP contribution in [0.3, 0.4) is 0 Å². The normalized spacial score (nSPS) is 36.3. The summed E-state index contributed by atoms with van der Waals surface area (Å²) in [6, 6.07) is 3.09. The van der Waals surface area contributed by atoms with Crippen molar-refractivity contribution in [2.75, 3.05) is 26.7 Å². The summed E-state index contributed by atoms with van der Waals surface area (Å²) in [4.78, 5) is 2.55. The molecule has 1 N–H and O–H groups in total. The molecule has 2 aliphatic rings. The quantitative estimate of drug-likeness (QED) is 0.825. The van der Waals surface area contributed by atoms with Gasteiger partial charge in [0.05, 0.1) is 12.2 Å². The van der Waals surface area contributed by atoms with Gasteiger partial charge < -0.3 is 4.74 Å². The average molecular weight is 265 g/mol. The average Bonchev–Trinajstić information content (AvgIpc) is 2.90. The second-order valence-electron chi connectivity index (χ2n) is 6.01. The standard InChI is InChI=1S/C15H27N3O/c1-3-8-17-15(12-16)7-6-13(10-15)18-9-4-5-14(11-18)19-2/h13-14,17H,3-11H2,1-2H3. The van der Waals surface area contributed by atoms with Crippen LogP contribution in [0.4, 0.5) is 0 Å². The summed E-state index contributed by atoms with van der Waals surface area (Å²) in [6.07, 6.45) is 6.97. The Hall–Kier alpha value is -0.630. The van der Waals surface area contributed by atoms with Crippen molar-refractivity contribution in [1.82, 2.24) is 10.2 Å². The van der Waals surface area contributed by atoms with Gasteiger partial charge in [-0.05, 0) is 51.6 Å². The van der Waals surface area contributed by atoms with Crippen LogP contribution in [0.25, 0.3) is 0 Å². The van der Waals surface area contributed by atoms with Gasteiger partial charge >= 0.3 is 0 Å². The van der Waals surface area contributed by atoms with Gasteiger partial charge in [0.2, 0.25) is 0 Å². The molecule has 0 aromatic heterocycles. The minimum atomic E-state index is -0.277. The van der Waals surface area contributed by atoms with Gasteiger partial charge in [0.1, 0.15) is 5.54 Å². The maximum Gasteiger partial charge on any atom is 0.108 e. The summed E-state index contributed by atoms with van der Waals surface area (Å²) in [6.45, 7) is 5.30. The molecular formula is C15H27N3O. The van der Waals surface area contributed by atoms with Crippen LogP contribution in [0.2, 0.25) is 0 Å². The Kier molecular flexibility index (Phi) is 5.20. The number of hydrogen-bond acceptors (Lipinski definition) is 4. The summed E-state index contributed by atoms with van der Waals surface area (Å²) < 4.78 is 5.50. The molecular weight excluding hydrogens is 238 g/mol. The minimum Gasteiger partial charge on any atom is -0.380 e. The number of nitrogens with zero attached hydrogens (tertiary/aromatic N) is 2. The van der Waals surface area contributed by atoms with E-state index in [1.807, 2.05) is 7.11 Å². The largest absolute Gasteiger partial charge is 0.380 e. The van der Waals surface area contributed by atoms with Gasteiger partial charge in [0, 0.05) is 19.7 Å². The summed E-state index contributed by atoms with van der Waals surface area (Å²) in [5.41, 5.74) is -0.277. The molecule has 4 heteroatoms. The van der Waals surface area contributed by atoms with E-state index in [1.54, 1.807) is 0 Å². The molecule has 3 atom stereocenters. The lowest BCUT2D eigenvalue weighted by molar-refractivity contribution is 0.0147. The smallest absolute Gasteiger partial charge is 0.108 e. The van der Waals surface area contributed by atoms with E-state index in [4.69, 9.17) is 4.74 Å². The molecule has 0 spiro atoms. The van der Waals surface area contributed by atoms with Gasteiger partial charge in [0.15, 0.2) is 0 Å². The van der Waals surface area contributed by atoms with Crippen LogP contribution in [-0.4, -0.2) is 49.3 Å². The van der Waals surface area contributed by atoms with E-state index in [0.29, 0.717) is 12.1 Å². The van der Waals surface area contributed by atoms with E-state index in [0.717, 1.165) is 38.8 Å². The molecule has 0 radical (unpaired) electrons. The Morgan fingerprint density at radius 3 is 3.00 bits per heavy atom. The van der Waals surface area contributed by atoms with Crippen molar-refractivity contribution in [3.63, 3.8) is 0 Å². The predicted molar refractivity (Wildman–Crippen MR) is 75.9 cm³/mol. The van der Waals surface area contributed by atoms with E-state index >= 15 is 0 Å². The van der Waals surface area contributed by atoms with E-state index in [2.05, 4.69) is 23.2 Å². The number of likely N-dealkylation sites (tertiary alicyclic amines) is 1. The lowest BCUT2D eigenvalue weighted by atomic mass is 9.98. The molecule has 1 aliphatic heterocycles. The van der Waals surface area contributed by atoms with E-state index in [9.17, 15) is 5.26 Å². The Morgan fingerprint density at radius 1 is 1.47 bits per heavy atom. The first-order valence-electron chi connectivity index (χ1n) is 7.66. The van der Waals surface area contributed by atoms with Crippen LogP contribution < -0.4 is 5.32 Å². The molecule has 1 heterocycles. The summed E-state index contributed by atoms with van der Waals surface area (Å²) in [7, 11) is 1.81. The summed E-state index contributed by atoms with van der Waals surface area (Å²) in [5.74, 6) is 0. The molecule has 0 amide bonds. The summed E-state index contributed by atoms with van der Waals surface area (Å²) in [5, 5.41) is 13.0. The second-order valence-corrected chi connectivity index (χ2v) is 6.01. The van der Waals surface area contributed by atoms with Gasteiger partial charge in [-0.2, -0.15) is 5.26 Å². The molecule has 0 aromatic rings. The molecule has 108 valence electrons. The van der Waals surface area contributed by atoms with Crippen LogP contribution in [0.1, 0.15) is 45.4 Å². The molecule has 3 unspecified atom stereocenters. The second kappa shape index (κ2) is 6.69. The fraction of sp³-hybridized carbons (Fsp3) is 0.933. The lowest BCUT2D eigenvalue weighted by Crippen LogP contribution is -2.47. The highest BCUT2D eigenvalue weighted by Crippen LogP contribution is 2.34. The summed E-state index contributed by atoms with van der Waals surface area (Å²) >= 11 is 0. The highest BCUT2D eigenvalue weighted by Gasteiger charge is 2.41.